The van der Waals surface area contributed by atoms with Gasteiger partial charge >= 0.3 is 5.97 Å². The summed E-state index contributed by atoms with van der Waals surface area (Å²) in [7, 11) is 0. The Balaban J connectivity index is 0.00000338. The number of rotatable bonds is 8. The summed E-state index contributed by atoms with van der Waals surface area (Å²) < 4.78 is 10.6. The number of aliphatic hydroxyl groups excluding tert-OH is 1. The molecule has 1 aromatic rings. The Bertz CT molecular complexity index is 570. The number of Topliss-reactive ketones (excluding diaryl/α,β-unsaturated/α-hetero) is 1. The molecule has 1 aliphatic heterocycles. The van der Waals surface area contributed by atoms with Crippen LogP contribution in [-0.4, -0.2) is 60.7 Å². The number of ketones is 1. The summed E-state index contributed by atoms with van der Waals surface area (Å²) in [5.74, 6) is 0.507. The van der Waals surface area contributed by atoms with Gasteiger partial charge in [0.15, 0.2) is 5.78 Å². The minimum atomic E-state index is -0.605. The highest BCUT2D eigenvalue weighted by atomic mass is 35.5. The van der Waals surface area contributed by atoms with E-state index in [2.05, 4.69) is 4.90 Å². The van der Waals surface area contributed by atoms with E-state index in [4.69, 9.17) is 9.47 Å². The van der Waals surface area contributed by atoms with Gasteiger partial charge in [-0.05, 0) is 64.0 Å². The van der Waals surface area contributed by atoms with E-state index in [-0.39, 0.29) is 36.7 Å². The molecule has 7 heteroatoms. The predicted octanol–water partition coefficient (Wildman–Crippen LogP) is 2.33. The number of nitrogens with zero attached hydrogens (tertiary/aromatic N) is 1. The van der Waals surface area contributed by atoms with E-state index >= 15 is 0 Å². The second-order valence-corrected chi connectivity index (χ2v) is 6.37. The monoisotopic (exact) mass is 385 g/mol. The normalized spacial score (nSPS) is 16.4. The molecule has 2 rings (SSSR count). The number of aliphatic hydroxyl groups is 1. The molecule has 1 aromatic carbocycles. The van der Waals surface area contributed by atoms with Gasteiger partial charge in [-0.25, -0.2) is 0 Å². The Hall–Kier alpha value is -1.63. The van der Waals surface area contributed by atoms with Gasteiger partial charge < -0.3 is 19.5 Å². The van der Waals surface area contributed by atoms with Crippen molar-refractivity contribution >= 4 is 24.2 Å². The molecule has 1 N–H and O–H groups in total. The van der Waals surface area contributed by atoms with Gasteiger partial charge in [-0.2, -0.15) is 0 Å². The Kier molecular flexibility index (Phi) is 9.62. The van der Waals surface area contributed by atoms with Crippen molar-refractivity contribution in [3.63, 3.8) is 0 Å². The number of carbonyl (C=O) groups excluding carboxylic acids is 2. The topological polar surface area (TPSA) is 76.1 Å². The molecule has 0 spiro atoms. The van der Waals surface area contributed by atoms with E-state index in [9.17, 15) is 14.7 Å². The van der Waals surface area contributed by atoms with Gasteiger partial charge in [0, 0.05) is 12.1 Å². The molecule has 1 unspecified atom stereocenters. The first-order valence-corrected chi connectivity index (χ1v) is 8.80. The number of β-amino-alcohol motifs (C(OH)–C–C–N with tert-alkyl or cyclic N) is 1. The number of carbonyl (C=O) groups is 2. The summed E-state index contributed by atoms with van der Waals surface area (Å²) in [5.41, 5.74) is 0.636. The zero-order valence-electron chi connectivity index (χ0n) is 15.3. The lowest BCUT2D eigenvalue weighted by atomic mass is 9.97. The van der Waals surface area contributed by atoms with Crippen molar-refractivity contribution in [2.24, 2.45) is 5.92 Å². The third-order valence-electron chi connectivity index (χ3n) is 4.38. The molecule has 1 heterocycles. The fourth-order valence-corrected chi connectivity index (χ4v) is 2.94. The number of benzene rings is 1. The zero-order chi connectivity index (χ0) is 18.2. The molecule has 0 amide bonds. The van der Waals surface area contributed by atoms with Gasteiger partial charge in [0.05, 0.1) is 12.5 Å². The van der Waals surface area contributed by atoms with Crippen LogP contribution in [0.2, 0.25) is 0 Å². The number of likely N-dealkylation sites (tertiary alicyclic amines) is 1. The molecule has 1 saturated heterocycles. The largest absolute Gasteiger partial charge is 0.491 e. The van der Waals surface area contributed by atoms with Crippen LogP contribution in [-0.2, 0) is 9.53 Å². The highest BCUT2D eigenvalue weighted by Gasteiger charge is 2.26. The van der Waals surface area contributed by atoms with Crippen LogP contribution in [0.5, 0.6) is 5.75 Å². The highest BCUT2D eigenvalue weighted by molar-refractivity contribution is 5.94. The van der Waals surface area contributed by atoms with Gasteiger partial charge in [0.1, 0.15) is 18.5 Å². The molecule has 0 aliphatic carbocycles. The molecule has 0 bridgehead atoms. The zero-order valence-corrected chi connectivity index (χ0v) is 16.2. The van der Waals surface area contributed by atoms with Crippen LogP contribution in [0, 0.1) is 5.92 Å². The SMILES string of the molecule is CCOC(=O)C1CCN(CC(O)COc2ccc(C(C)=O)cc2)CC1.Cl. The van der Waals surface area contributed by atoms with Crippen molar-refractivity contribution in [3.8, 4) is 5.75 Å². The van der Waals surface area contributed by atoms with Crippen LogP contribution in [0.25, 0.3) is 0 Å². The summed E-state index contributed by atoms with van der Waals surface area (Å²) in [6, 6.07) is 6.89. The standard InChI is InChI=1S/C19H27NO5.ClH/c1-3-24-19(23)16-8-10-20(11-9-16)12-17(22)13-25-18-6-4-15(5-7-18)14(2)21;/h4-7,16-17,22H,3,8-13H2,1-2H3;1H. The molecule has 0 radical (unpaired) electrons. The molecule has 0 saturated carbocycles. The van der Waals surface area contributed by atoms with Crippen LogP contribution in [0.15, 0.2) is 24.3 Å². The lowest BCUT2D eigenvalue weighted by Crippen LogP contribution is -2.42. The quantitative estimate of drug-likeness (QED) is 0.546. The molecule has 0 aromatic heterocycles. The van der Waals surface area contributed by atoms with E-state index < -0.39 is 6.10 Å². The fourth-order valence-electron chi connectivity index (χ4n) is 2.94. The van der Waals surface area contributed by atoms with Crippen LogP contribution < -0.4 is 4.74 Å². The first-order valence-electron chi connectivity index (χ1n) is 8.80. The number of ether oxygens (including phenoxy) is 2. The summed E-state index contributed by atoms with van der Waals surface area (Å²) >= 11 is 0. The molecule has 1 aliphatic rings. The number of esters is 1. The first-order chi connectivity index (χ1) is 12.0. The van der Waals surface area contributed by atoms with Crippen molar-refractivity contribution < 1.29 is 24.2 Å². The fraction of sp³-hybridized carbons (Fsp3) is 0.579. The smallest absolute Gasteiger partial charge is 0.309 e. The van der Waals surface area contributed by atoms with Crippen molar-refractivity contribution in [3.05, 3.63) is 29.8 Å². The van der Waals surface area contributed by atoms with Gasteiger partial charge in [0.2, 0.25) is 0 Å². The third-order valence-corrected chi connectivity index (χ3v) is 4.38. The number of hydrogen-bond donors (Lipinski definition) is 1. The number of halogens is 1. The number of hydrogen-bond acceptors (Lipinski definition) is 6. The van der Waals surface area contributed by atoms with Gasteiger partial charge in [0.25, 0.3) is 0 Å². The van der Waals surface area contributed by atoms with Crippen LogP contribution in [0.1, 0.15) is 37.0 Å². The average molecular weight is 386 g/mol. The van der Waals surface area contributed by atoms with Crippen LogP contribution >= 0.6 is 12.4 Å². The molecule has 1 fully saturated rings. The van der Waals surface area contributed by atoms with Gasteiger partial charge in [-0.15, -0.1) is 12.4 Å². The number of piperidine rings is 1. The lowest BCUT2D eigenvalue weighted by molar-refractivity contribution is -0.149. The lowest BCUT2D eigenvalue weighted by Gasteiger charge is -2.32. The van der Waals surface area contributed by atoms with Crippen molar-refractivity contribution in [2.45, 2.75) is 32.8 Å². The predicted molar refractivity (Wildman–Crippen MR) is 101 cm³/mol. The highest BCUT2D eigenvalue weighted by Crippen LogP contribution is 2.19. The van der Waals surface area contributed by atoms with E-state index in [1.807, 2.05) is 6.92 Å². The second kappa shape index (κ2) is 11.2. The van der Waals surface area contributed by atoms with Crippen LogP contribution in [0.3, 0.4) is 0 Å². The van der Waals surface area contributed by atoms with E-state index in [1.54, 1.807) is 24.3 Å². The molecular weight excluding hydrogens is 358 g/mol. The Morgan fingerprint density at radius 2 is 1.85 bits per heavy atom. The molecule has 1 atom stereocenters. The van der Waals surface area contributed by atoms with Gasteiger partial charge in [-0.1, -0.05) is 0 Å². The van der Waals surface area contributed by atoms with E-state index in [0.29, 0.717) is 24.5 Å². The maximum absolute atomic E-state index is 11.7. The molecule has 146 valence electrons. The molecular formula is C19H28ClNO5. The van der Waals surface area contributed by atoms with Crippen molar-refractivity contribution in [2.75, 3.05) is 32.8 Å². The summed E-state index contributed by atoms with van der Waals surface area (Å²) in [5, 5.41) is 10.2. The Morgan fingerprint density at radius 1 is 1.23 bits per heavy atom. The minimum Gasteiger partial charge on any atom is -0.491 e. The Labute approximate surface area is 160 Å². The summed E-state index contributed by atoms with van der Waals surface area (Å²) in [6.45, 7) is 6.00. The maximum Gasteiger partial charge on any atom is 0.309 e. The summed E-state index contributed by atoms with van der Waals surface area (Å²) in [4.78, 5) is 25.1. The van der Waals surface area contributed by atoms with Crippen molar-refractivity contribution in [1.82, 2.24) is 4.90 Å². The van der Waals surface area contributed by atoms with E-state index in [0.717, 1.165) is 25.9 Å². The summed E-state index contributed by atoms with van der Waals surface area (Å²) in [6.07, 6.45) is 0.921. The second-order valence-electron chi connectivity index (χ2n) is 6.37. The van der Waals surface area contributed by atoms with E-state index in [1.165, 1.54) is 6.92 Å². The maximum atomic E-state index is 11.7. The third kappa shape index (κ3) is 6.94. The molecule has 6 nitrogen and oxygen atoms in total. The van der Waals surface area contributed by atoms with Crippen molar-refractivity contribution in [1.29, 1.82) is 0 Å². The first kappa shape index (κ1) is 22.4. The minimum absolute atomic E-state index is 0. The van der Waals surface area contributed by atoms with Gasteiger partial charge in [-0.3, -0.25) is 9.59 Å². The molecule has 26 heavy (non-hydrogen) atoms. The Morgan fingerprint density at radius 3 is 2.38 bits per heavy atom. The average Bonchev–Trinajstić information content (AvgIpc) is 2.61. The van der Waals surface area contributed by atoms with Crippen LogP contribution in [0.4, 0.5) is 0 Å².